The molecule has 0 bridgehead atoms. The van der Waals surface area contributed by atoms with E-state index in [0.717, 1.165) is 35.6 Å². The smallest absolute Gasteiger partial charge is 0.230 e. The maximum absolute atomic E-state index is 12.2. The predicted octanol–water partition coefficient (Wildman–Crippen LogP) is 5.75. The van der Waals surface area contributed by atoms with E-state index in [1.54, 1.807) is 0 Å². The zero-order chi connectivity index (χ0) is 22.6. The van der Waals surface area contributed by atoms with Gasteiger partial charge in [-0.15, -0.1) is 10.2 Å². The lowest BCUT2D eigenvalue weighted by molar-refractivity contribution is -0.118. The van der Waals surface area contributed by atoms with Gasteiger partial charge >= 0.3 is 0 Å². The van der Waals surface area contributed by atoms with Crippen LogP contribution in [0.4, 0.5) is 0 Å². The van der Waals surface area contributed by atoms with Crippen molar-refractivity contribution >= 4 is 29.3 Å². The highest BCUT2D eigenvalue weighted by molar-refractivity contribution is 7.99. The van der Waals surface area contributed by atoms with Crippen LogP contribution in [0, 0.1) is 0 Å². The summed E-state index contributed by atoms with van der Waals surface area (Å²) in [4.78, 5) is 12.2. The van der Waals surface area contributed by atoms with E-state index in [9.17, 15) is 4.79 Å². The molecule has 1 fully saturated rings. The van der Waals surface area contributed by atoms with Gasteiger partial charge in [-0.25, -0.2) is 0 Å². The minimum absolute atomic E-state index is 0.0108. The van der Waals surface area contributed by atoms with Crippen LogP contribution in [0.3, 0.4) is 0 Å². The maximum atomic E-state index is 12.2. The van der Waals surface area contributed by atoms with Crippen LogP contribution < -0.4 is 10.1 Å². The Bertz CT molecular complexity index is 1240. The summed E-state index contributed by atoms with van der Waals surface area (Å²) in [5, 5.41) is 13.1. The Hall–Kier alpha value is -3.29. The third-order valence-electron chi connectivity index (χ3n) is 5.08. The van der Waals surface area contributed by atoms with Gasteiger partial charge in [0.2, 0.25) is 5.91 Å². The number of hydrogen-bond acceptors (Lipinski definition) is 5. The second-order valence-electron chi connectivity index (χ2n) is 7.69. The van der Waals surface area contributed by atoms with Crippen molar-refractivity contribution in [2.45, 2.75) is 24.0 Å². The highest BCUT2D eigenvalue weighted by atomic mass is 35.5. The van der Waals surface area contributed by atoms with Gasteiger partial charge in [0, 0.05) is 22.3 Å². The van der Waals surface area contributed by atoms with Crippen LogP contribution in [0.2, 0.25) is 5.02 Å². The summed E-state index contributed by atoms with van der Waals surface area (Å²) >= 11 is 7.44. The van der Waals surface area contributed by atoms with Crippen LogP contribution in [-0.4, -0.2) is 32.5 Å². The van der Waals surface area contributed by atoms with E-state index < -0.39 is 0 Å². The number of thioether (sulfide) groups is 1. The maximum Gasteiger partial charge on any atom is 0.230 e. The number of amides is 1. The number of nitrogens with one attached hydrogen (secondary N) is 1. The molecular weight excluding hydrogens is 456 g/mol. The number of hydrogen-bond donors (Lipinski definition) is 1. The van der Waals surface area contributed by atoms with Gasteiger partial charge in [0.15, 0.2) is 11.0 Å². The van der Waals surface area contributed by atoms with Crippen molar-refractivity contribution in [3.63, 3.8) is 0 Å². The molecule has 1 aromatic heterocycles. The van der Waals surface area contributed by atoms with Gasteiger partial charge in [0.25, 0.3) is 0 Å². The number of nitrogens with zero attached hydrogens (tertiary/aromatic N) is 3. The molecule has 0 spiro atoms. The number of rotatable bonds is 8. The van der Waals surface area contributed by atoms with Gasteiger partial charge < -0.3 is 10.1 Å². The van der Waals surface area contributed by atoms with Crippen molar-refractivity contribution in [2.24, 2.45) is 0 Å². The Morgan fingerprint density at radius 1 is 0.970 bits per heavy atom. The standard InChI is InChI=1S/C25H21ClN4O2S/c26-18-8-6-17(7-9-18)24-28-29-25(33-16-23(31)27-19-10-11-19)30(24)20-12-14-22(15-13-20)32-21-4-2-1-3-5-21/h1-9,12-15,19H,10-11,16H2,(H,27,31). The molecule has 0 unspecified atom stereocenters. The fraction of sp³-hybridized carbons (Fsp3) is 0.160. The molecule has 0 saturated heterocycles. The molecule has 6 nitrogen and oxygen atoms in total. The van der Waals surface area contributed by atoms with Gasteiger partial charge in [0.1, 0.15) is 11.5 Å². The zero-order valence-corrected chi connectivity index (χ0v) is 19.2. The molecule has 33 heavy (non-hydrogen) atoms. The largest absolute Gasteiger partial charge is 0.457 e. The Morgan fingerprint density at radius 3 is 2.36 bits per heavy atom. The highest BCUT2D eigenvalue weighted by Gasteiger charge is 2.24. The van der Waals surface area contributed by atoms with Crippen LogP contribution >= 0.6 is 23.4 Å². The molecule has 0 aliphatic heterocycles. The molecule has 1 heterocycles. The van der Waals surface area contributed by atoms with Gasteiger partial charge in [0.05, 0.1) is 5.75 Å². The SMILES string of the molecule is O=C(CSc1nnc(-c2ccc(Cl)cc2)n1-c1ccc(Oc2ccccc2)cc1)NC1CC1. The summed E-state index contributed by atoms with van der Waals surface area (Å²) < 4.78 is 7.87. The summed E-state index contributed by atoms with van der Waals surface area (Å²) in [5.74, 6) is 2.47. The van der Waals surface area contributed by atoms with E-state index in [0.29, 0.717) is 22.0 Å². The molecule has 1 aliphatic rings. The number of aromatic nitrogens is 3. The van der Waals surface area contributed by atoms with Crippen molar-refractivity contribution in [1.82, 2.24) is 20.1 Å². The van der Waals surface area contributed by atoms with Crippen molar-refractivity contribution in [3.8, 4) is 28.6 Å². The van der Waals surface area contributed by atoms with E-state index >= 15 is 0 Å². The lowest BCUT2D eigenvalue weighted by Crippen LogP contribution is -2.27. The average Bonchev–Trinajstić information content (AvgIpc) is 3.55. The molecule has 3 aromatic carbocycles. The summed E-state index contributed by atoms with van der Waals surface area (Å²) in [5.41, 5.74) is 1.75. The summed E-state index contributed by atoms with van der Waals surface area (Å²) in [7, 11) is 0. The second kappa shape index (κ2) is 9.68. The Labute approximate surface area is 200 Å². The first-order chi connectivity index (χ1) is 16.2. The molecule has 5 rings (SSSR count). The summed E-state index contributed by atoms with van der Waals surface area (Å²) in [6.07, 6.45) is 2.12. The number of ether oxygens (including phenoxy) is 1. The molecule has 1 saturated carbocycles. The third kappa shape index (κ3) is 5.38. The Kier molecular flexibility index (Phi) is 6.32. The van der Waals surface area contributed by atoms with Gasteiger partial charge in [-0.3, -0.25) is 9.36 Å². The van der Waals surface area contributed by atoms with Gasteiger partial charge in [-0.05, 0) is 73.5 Å². The molecule has 4 aromatic rings. The van der Waals surface area contributed by atoms with Crippen molar-refractivity contribution in [2.75, 3.05) is 5.75 Å². The topological polar surface area (TPSA) is 69.0 Å². The van der Waals surface area contributed by atoms with Crippen molar-refractivity contribution in [3.05, 3.63) is 83.9 Å². The summed E-state index contributed by atoms with van der Waals surface area (Å²) in [6.45, 7) is 0. The van der Waals surface area contributed by atoms with Crippen LogP contribution in [0.15, 0.2) is 84.0 Å². The van der Waals surface area contributed by atoms with Gasteiger partial charge in [-0.1, -0.05) is 41.6 Å². The minimum atomic E-state index is 0.0108. The van der Waals surface area contributed by atoms with Crippen molar-refractivity contribution in [1.29, 1.82) is 0 Å². The fourth-order valence-electron chi connectivity index (χ4n) is 3.30. The molecule has 1 aliphatic carbocycles. The lowest BCUT2D eigenvalue weighted by Gasteiger charge is -2.12. The number of para-hydroxylation sites is 1. The second-order valence-corrected chi connectivity index (χ2v) is 9.07. The highest BCUT2D eigenvalue weighted by Crippen LogP contribution is 2.30. The normalized spacial score (nSPS) is 13.0. The Morgan fingerprint density at radius 2 is 1.67 bits per heavy atom. The van der Waals surface area contributed by atoms with Crippen LogP contribution in [0.5, 0.6) is 11.5 Å². The first-order valence-corrected chi connectivity index (χ1v) is 12.0. The summed E-state index contributed by atoms with van der Waals surface area (Å²) in [6, 6.07) is 25.1. The number of carbonyl (C=O) groups is 1. The lowest BCUT2D eigenvalue weighted by atomic mass is 10.2. The van der Waals surface area contributed by atoms with Crippen LogP contribution in [-0.2, 0) is 4.79 Å². The zero-order valence-electron chi connectivity index (χ0n) is 17.6. The first-order valence-electron chi connectivity index (χ1n) is 10.6. The van der Waals surface area contributed by atoms with Gasteiger partial charge in [-0.2, -0.15) is 0 Å². The number of halogens is 1. The first kappa shape index (κ1) is 21.6. The molecule has 0 atom stereocenters. The molecular formula is C25H21ClN4O2S. The molecule has 166 valence electrons. The van der Waals surface area contributed by atoms with E-state index in [-0.39, 0.29) is 11.7 Å². The molecule has 1 amide bonds. The van der Waals surface area contributed by atoms with E-state index in [1.807, 2.05) is 83.4 Å². The fourth-order valence-corrected chi connectivity index (χ4v) is 4.19. The molecule has 1 N–H and O–H groups in total. The average molecular weight is 477 g/mol. The van der Waals surface area contributed by atoms with E-state index in [2.05, 4.69) is 15.5 Å². The minimum Gasteiger partial charge on any atom is -0.457 e. The van der Waals surface area contributed by atoms with Crippen molar-refractivity contribution < 1.29 is 9.53 Å². The number of benzene rings is 3. The van der Waals surface area contributed by atoms with E-state index in [4.69, 9.17) is 16.3 Å². The third-order valence-corrected chi connectivity index (χ3v) is 6.27. The van der Waals surface area contributed by atoms with Crippen LogP contribution in [0.1, 0.15) is 12.8 Å². The van der Waals surface area contributed by atoms with Crippen LogP contribution in [0.25, 0.3) is 17.1 Å². The number of carbonyl (C=O) groups excluding carboxylic acids is 1. The van der Waals surface area contributed by atoms with E-state index in [1.165, 1.54) is 11.8 Å². The quantitative estimate of drug-likeness (QED) is 0.328. The Balaban J connectivity index is 1.43. The molecule has 0 radical (unpaired) electrons. The molecule has 8 heteroatoms. The predicted molar refractivity (Wildman–Crippen MR) is 130 cm³/mol. The monoisotopic (exact) mass is 476 g/mol.